The van der Waals surface area contributed by atoms with Gasteiger partial charge in [-0.2, -0.15) is 13.2 Å². The van der Waals surface area contributed by atoms with Crippen molar-refractivity contribution in [3.63, 3.8) is 0 Å². The van der Waals surface area contributed by atoms with Crippen molar-refractivity contribution in [2.24, 2.45) is 0 Å². The predicted molar refractivity (Wildman–Crippen MR) is 79.0 cm³/mol. The third-order valence-corrected chi connectivity index (χ3v) is 11.5. The number of hydrogen-bond acceptors (Lipinski definition) is 2. The maximum atomic E-state index is 13.0. The molecule has 0 bridgehead atoms. The summed E-state index contributed by atoms with van der Waals surface area (Å²) in [5.74, 6) is 0. The molecule has 21 heavy (non-hydrogen) atoms. The van der Waals surface area contributed by atoms with Crippen LogP contribution in [0.25, 0.3) is 0 Å². The van der Waals surface area contributed by atoms with Crippen LogP contribution in [0, 0.1) is 0 Å². The quantitative estimate of drug-likeness (QED) is 0.847. The molecule has 0 amide bonds. The van der Waals surface area contributed by atoms with E-state index in [1.54, 1.807) is 13.1 Å². The van der Waals surface area contributed by atoms with Crippen LogP contribution < -0.4 is 4.39 Å². The highest BCUT2D eigenvalue weighted by molar-refractivity contribution is 7.91. The van der Waals surface area contributed by atoms with Gasteiger partial charge in [0, 0.05) is 0 Å². The van der Waals surface area contributed by atoms with Gasteiger partial charge in [-0.1, -0.05) is 46.0 Å². The summed E-state index contributed by atoms with van der Waals surface area (Å²) in [6.07, 6.45) is -4.71. The summed E-state index contributed by atoms with van der Waals surface area (Å²) in [6.45, 7) is 9.17. The van der Waals surface area contributed by atoms with Crippen molar-refractivity contribution in [3.8, 4) is 0 Å². The molecule has 3 nitrogen and oxygen atoms in total. The summed E-state index contributed by atoms with van der Waals surface area (Å²) < 4.78 is 66.2. The Morgan fingerprint density at radius 1 is 1.05 bits per heavy atom. The Hall–Kier alpha value is -0.863. The number of rotatable bonds is 3. The molecule has 0 atom stereocenters. The Balaban J connectivity index is 3.35. The SMILES string of the molecule is CC(C)(C)[Si](C)(C)NS(=O)(=O)c1ccccc1C(F)(F)F. The standard InChI is InChI=1S/C13H20F3NO2SSi/c1-12(2,3)21(4,5)17-20(18,19)11-9-7-6-8-10(11)13(14,15)16/h6-9,17H,1-5H3. The smallest absolute Gasteiger partial charge is 0.233 e. The second-order valence-electron chi connectivity index (χ2n) is 6.47. The largest absolute Gasteiger partial charge is 0.417 e. The molecule has 0 fully saturated rings. The lowest BCUT2D eigenvalue weighted by molar-refractivity contribution is -0.139. The van der Waals surface area contributed by atoms with Crippen molar-refractivity contribution in [1.82, 2.24) is 4.39 Å². The third kappa shape index (κ3) is 4.07. The summed E-state index contributed by atoms with van der Waals surface area (Å²) in [5.41, 5.74) is -1.14. The molecule has 0 aromatic heterocycles. The van der Waals surface area contributed by atoms with E-state index in [2.05, 4.69) is 4.39 Å². The van der Waals surface area contributed by atoms with Crippen molar-refractivity contribution >= 4 is 18.3 Å². The summed E-state index contributed by atoms with van der Waals surface area (Å²) in [5, 5.41) is -0.326. The number of hydrogen-bond donors (Lipinski definition) is 1. The number of nitrogens with one attached hydrogen (secondary N) is 1. The Bertz CT molecular complexity index is 619. The second-order valence-corrected chi connectivity index (χ2v) is 13.5. The maximum absolute atomic E-state index is 13.0. The first-order valence-corrected chi connectivity index (χ1v) is 10.9. The van der Waals surface area contributed by atoms with Gasteiger partial charge in [-0.15, -0.1) is 0 Å². The lowest BCUT2D eigenvalue weighted by Crippen LogP contribution is -2.54. The fourth-order valence-corrected chi connectivity index (χ4v) is 6.56. The van der Waals surface area contributed by atoms with Crippen LogP contribution in [0.1, 0.15) is 26.3 Å². The highest BCUT2D eigenvalue weighted by Gasteiger charge is 2.42. The van der Waals surface area contributed by atoms with Crippen molar-refractivity contribution in [2.45, 2.75) is 50.0 Å². The normalized spacial score (nSPS) is 14.3. The van der Waals surface area contributed by atoms with Crippen molar-refractivity contribution in [1.29, 1.82) is 0 Å². The zero-order valence-electron chi connectivity index (χ0n) is 12.7. The van der Waals surface area contributed by atoms with Crippen LogP contribution in [0.15, 0.2) is 29.2 Å². The monoisotopic (exact) mass is 339 g/mol. The van der Waals surface area contributed by atoms with Crippen LogP contribution in [0.3, 0.4) is 0 Å². The van der Waals surface area contributed by atoms with Gasteiger partial charge in [0.15, 0.2) is 0 Å². The zero-order chi connectivity index (χ0) is 16.7. The number of benzene rings is 1. The molecule has 0 saturated heterocycles. The summed E-state index contributed by atoms with van der Waals surface area (Å²) >= 11 is 0. The molecule has 0 aliphatic carbocycles. The van der Waals surface area contributed by atoms with E-state index in [1.165, 1.54) is 12.1 Å². The fraction of sp³-hybridized carbons (Fsp3) is 0.538. The Labute approximate surface area is 124 Å². The minimum Gasteiger partial charge on any atom is -0.233 e. The highest BCUT2D eigenvalue weighted by Crippen LogP contribution is 2.37. The van der Waals surface area contributed by atoms with E-state index in [9.17, 15) is 21.6 Å². The first kappa shape index (κ1) is 18.2. The van der Waals surface area contributed by atoms with Crippen LogP contribution in [0.4, 0.5) is 13.2 Å². The second kappa shape index (κ2) is 5.40. The molecule has 0 aliphatic heterocycles. The minimum atomic E-state index is -4.71. The van der Waals surface area contributed by atoms with E-state index in [0.717, 1.165) is 12.1 Å². The van der Waals surface area contributed by atoms with E-state index in [1.807, 2.05) is 20.8 Å². The third-order valence-electron chi connectivity index (χ3n) is 3.75. The minimum absolute atomic E-state index is 0.326. The summed E-state index contributed by atoms with van der Waals surface area (Å²) in [7, 11) is -6.73. The molecule has 1 aromatic carbocycles. The average Bonchev–Trinajstić information content (AvgIpc) is 2.25. The van der Waals surface area contributed by atoms with E-state index >= 15 is 0 Å². The predicted octanol–water partition coefficient (Wildman–Crippen LogP) is 3.99. The molecule has 0 heterocycles. The molecule has 0 spiro atoms. The van der Waals surface area contributed by atoms with Crippen LogP contribution in [-0.4, -0.2) is 16.7 Å². The number of halogens is 3. The molecule has 1 rings (SSSR count). The molecule has 1 N–H and O–H groups in total. The van der Waals surface area contributed by atoms with Crippen LogP contribution in [0.2, 0.25) is 18.1 Å². The topological polar surface area (TPSA) is 46.2 Å². The Kier molecular flexibility index (Phi) is 4.68. The van der Waals surface area contributed by atoms with Gasteiger partial charge in [0.05, 0.1) is 10.5 Å². The van der Waals surface area contributed by atoms with E-state index < -0.39 is 34.9 Å². The van der Waals surface area contributed by atoms with Crippen LogP contribution >= 0.6 is 0 Å². The lowest BCUT2D eigenvalue weighted by Gasteiger charge is -2.36. The first-order valence-electron chi connectivity index (χ1n) is 6.39. The molecule has 0 radical (unpaired) electrons. The lowest BCUT2D eigenvalue weighted by atomic mass is 10.2. The van der Waals surface area contributed by atoms with E-state index in [4.69, 9.17) is 0 Å². The van der Waals surface area contributed by atoms with Crippen LogP contribution in [-0.2, 0) is 16.2 Å². The molecule has 0 saturated carbocycles. The van der Waals surface area contributed by atoms with Gasteiger partial charge in [-0.3, -0.25) is 0 Å². The number of sulfonamides is 1. The highest BCUT2D eigenvalue weighted by atomic mass is 32.2. The Morgan fingerprint density at radius 3 is 1.95 bits per heavy atom. The fourth-order valence-electron chi connectivity index (χ4n) is 1.48. The molecule has 0 unspecified atom stereocenters. The molecule has 8 heteroatoms. The molecule has 120 valence electrons. The maximum Gasteiger partial charge on any atom is 0.417 e. The van der Waals surface area contributed by atoms with Crippen molar-refractivity contribution in [2.75, 3.05) is 0 Å². The van der Waals surface area contributed by atoms with Gasteiger partial charge in [0.2, 0.25) is 10.0 Å². The Morgan fingerprint density at radius 2 is 1.52 bits per heavy atom. The average molecular weight is 339 g/mol. The molecule has 0 aliphatic rings. The summed E-state index contributed by atoms with van der Waals surface area (Å²) in [4.78, 5) is -0.720. The number of alkyl halides is 3. The van der Waals surface area contributed by atoms with Gasteiger partial charge < -0.3 is 0 Å². The molecular weight excluding hydrogens is 319 g/mol. The summed E-state index contributed by atoms with van der Waals surface area (Å²) in [6, 6.07) is 4.22. The van der Waals surface area contributed by atoms with Gasteiger partial charge >= 0.3 is 6.18 Å². The zero-order valence-corrected chi connectivity index (χ0v) is 14.5. The van der Waals surface area contributed by atoms with Gasteiger partial charge in [-0.25, -0.2) is 12.8 Å². The molecule has 1 aromatic rings. The van der Waals surface area contributed by atoms with E-state index in [0.29, 0.717) is 0 Å². The van der Waals surface area contributed by atoms with E-state index in [-0.39, 0.29) is 5.04 Å². The van der Waals surface area contributed by atoms with Crippen LogP contribution in [0.5, 0.6) is 0 Å². The van der Waals surface area contributed by atoms with Gasteiger partial charge in [-0.05, 0) is 17.2 Å². The first-order chi connectivity index (χ1) is 9.18. The molecular formula is C13H20F3NO2SSi. The van der Waals surface area contributed by atoms with Crippen molar-refractivity contribution < 1.29 is 21.6 Å². The van der Waals surface area contributed by atoms with Crippen molar-refractivity contribution in [3.05, 3.63) is 29.8 Å². The van der Waals surface area contributed by atoms with Gasteiger partial charge in [0.1, 0.15) is 8.24 Å². The van der Waals surface area contributed by atoms with Gasteiger partial charge in [0.25, 0.3) is 0 Å².